The van der Waals surface area contributed by atoms with E-state index in [1.54, 1.807) is 0 Å². The summed E-state index contributed by atoms with van der Waals surface area (Å²) < 4.78 is 0. The number of halogens is 1. The first-order valence-electron chi connectivity index (χ1n) is 5.41. The van der Waals surface area contributed by atoms with Gasteiger partial charge in [0.25, 0.3) is 0 Å². The van der Waals surface area contributed by atoms with Crippen LogP contribution in [0.1, 0.15) is 46.5 Å². The van der Waals surface area contributed by atoms with Crippen LogP contribution in [0.4, 0.5) is 0 Å². The summed E-state index contributed by atoms with van der Waals surface area (Å²) >= 11 is 5.46. The van der Waals surface area contributed by atoms with Crippen molar-refractivity contribution in [3.63, 3.8) is 0 Å². The lowest BCUT2D eigenvalue weighted by molar-refractivity contribution is -0.121. The van der Waals surface area contributed by atoms with Crippen LogP contribution in [-0.4, -0.2) is 17.8 Å². The van der Waals surface area contributed by atoms with Crippen molar-refractivity contribution in [2.75, 3.05) is 5.88 Å². The fourth-order valence-corrected chi connectivity index (χ4v) is 1.51. The molecule has 1 atom stereocenters. The van der Waals surface area contributed by atoms with E-state index in [0.29, 0.717) is 12.3 Å². The zero-order valence-corrected chi connectivity index (χ0v) is 10.2. The van der Waals surface area contributed by atoms with Gasteiger partial charge < -0.3 is 5.32 Å². The molecule has 0 saturated carbocycles. The molecule has 3 heteroatoms. The third-order valence-electron chi connectivity index (χ3n) is 2.15. The fraction of sp³-hybridized carbons (Fsp3) is 0.909. The van der Waals surface area contributed by atoms with E-state index in [1.807, 2.05) is 6.92 Å². The van der Waals surface area contributed by atoms with Gasteiger partial charge in [0.15, 0.2) is 0 Å². The molecule has 0 fully saturated rings. The fourth-order valence-electron chi connectivity index (χ4n) is 1.34. The lowest BCUT2D eigenvalue weighted by Crippen LogP contribution is -2.32. The van der Waals surface area contributed by atoms with Crippen molar-refractivity contribution in [1.29, 1.82) is 0 Å². The summed E-state index contributed by atoms with van der Waals surface area (Å²) in [5.41, 5.74) is 0. The molecule has 0 aromatic heterocycles. The highest BCUT2D eigenvalue weighted by Crippen LogP contribution is 2.08. The summed E-state index contributed by atoms with van der Waals surface area (Å²) in [5.74, 6) is 1.22. The quantitative estimate of drug-likeness (QED) is 0.656. The Morgan fingerprint density at radius 1 is 1.29 bits per heavy atom. The van der Waals surface area contributed by atoms with Gasteiger partial charge in [-0.05, 0) is 19.3 Å². The number of amides is 1. The number of hydrogen-bond acceptors (Lipinski definition) is 1. The Labute approximate surface area is 92.4 Å². The summed E-state index contributed by atoms with van der Waals surface area (Å²) in [6.07, 6.45) is 3.90. The molecule has 84 valence electrons. The van der Waals surface area contributed by atoms with Crippen LogP contribution in [0.2, 0.25) is 0 Å². The molecule has 14 heavy (non-hydrogen) atoms. The molecule has 0 radical (unpaired) electrons. The first-order chi connectivity index (χ1) is 6.56. The Morgan fingerprint density at radius 2 is 1.93 bits per heavy atom. The minimum absolute atomic E-state index is 0.0667. The van der Waals surface area contributed by atoms with Crippen molar-refractivity contribution >= 4 is 17.5 Å². The molecule has 0 rings (SSSR count). The number of carbonyl (C=O) groups excluding carboxylic acids is 1. The first-order valence-corrected chi connectivity index (χ1v) is 5.95. The Bertz CT molecular complexity index is 159. The minimum Gasteiger partial charge on any atom is -0.354 e. The van der Waals surface area contributed by atoms with Crippen LogP contribution in [0.25, 0.3) is 0 Å². The summed E-state index contributed by atoms with van der Waals surface area (Å²) in [4.78, 5) is 11.2. The van der Waals surface area contributed by atoms with Crippen molar-refractivity contribution in [3.05, 3.63) is 0 Å². The van der Waals surface area contributed by atoms with Crippen molar-refractivity contribution < 1.29 is 4.79 Å². The van der Waals surface area contributed by atoms with Crippen LogP contribution in [0.5, 0.6) is 0 Å². The van der Waals surface area contributed by atoms with Crippen LogP contribution in [0, 0.1) is 5.92 Å². The van der Waals surface area contributed by atoms with E-state index in [2.05, 4.69) is 19.2 Å². The highest BCUT2D eigenvalue weighted by Gasteiger charge is 2.06. The van der Waals surface area contributed by atoms with Gasteiger partial charge in [-0.2, -0.15) is 0 Å². The third kappa shape index (κ3) is 8.36. The summed E-state index contributed by atoms with van der Waals surface area (Å²) in [7, 11) is 0. The molecule has 0 aromatic carbocycles. The number of rotatable bonds is 7. The average Bonchev–Trinajstić information content (AvgIpc) is 2.03. The van der Waals surface area contributed by atoms with Crippen LogP contribution >= 0.6 is 11.6 Å². The van der Waals surface area contributed by atoms with Crippen LogP contribution < -0.4 is 5.32 Å². The minimum atomic E-state index is 0.0667. The molecule has 0 aliphatic carbocycles. The second-order valence-electron chi connectivity index (χ2n) is 4.23. The molecule has 0 bridgehead atoms. The van der Waals surface area contributed by atoms with Crippen molar-refractivity contribution in [3.8, 4) is 0 Å². The van der Waals surface area contributed by atoms with Gasteiger partial charge >= 0.3 is 0 Å². The third-order valence-corrected chi connectivity index (χ3v) is 2.34. The van der Waals surface area contributed by atoms with E-state index in [9.17, 15) is 4.79 Å². The van der Waals surface area contributed by atoms with Gasteiger partial charge in [-0.3, -0.25) is 4.79 Å². The predicted octanol–water partition coefficient (Wildman–Crippen LogP) is 2.95. The van der Waals surface area contributed by atoms with Crippen LogP contribution in [0.15, 0.2) is 0 Å². The zero-order chi connectivity index (χ0) is 11.0. The van der Waals surface area contributed by atoms with Crippen LogP contribution in [-0.2, 0) is 4.79 Å². The van der Waals surface area contributed by atoms with E-state index >= 15 is 0 Å². The van der Waals surface area contributed by atoms with Crippen molar-refractivity contribution in [1.82, 2.24) is 5.32 Å². The highest BCUT2D eigenvalue weighted by molar-refractivity contribution is 6.18. The van der Waals surface area contributed by atoms with E-state index < -0.39 is 0 Å². The molecular weight excluding hydrogens is 198 g/mol. The van der Waals surface area contributed by atoms with Gasteiger partial charge in [-0.25, -0.2) is 0 Å². The summed E-state index contributed by atoms with van der Waals surface area (Å²) in [6.45, 7) is 6.49. The van der Waals surface area contributed by atoms with E-state index in [0.717, 1.165) is 12.3 Å². The molecule has 0 aliphatic heterocycles. The summed E-state index contributed by atoms with van der Waals surface area (Å²) in [6, 6.07) is 0.282. The second-order valence-corrected chi connectivity index (χ2v) is 4.61. The van der Waals surface area contributed by atoms with E-state index in [-0.39, 0.29) is 11.9 Å². The number of nitrogens with one attached hydrogen (secondary N) is 1. The predicted molar refractivity (Wildman–Crippen MR) is 61.6 cm³/mol. The normalized spacial score (nSPS) is 12.9. The molecule has 1 unspecified atom stereocenters. The lowest BCUT2D eigenvalue weighted by atomic mass is 10.0. The average molecular weight is 220 g/mol. The van der Waals surface area contributed by atoms with Crippen molar-refractivity contribution in [2.24, 2.45) is 5.92 Å². The first kappa shape index (κ1) is 13.8. The maximum absolute atomic E-state index is 11.2. The zero-order valence-electron chi connectivity index (χ0n) is 9.48. The largest absolute Gasteiger partial charge is 0.354 e. The molecular formula is C11H22ClNO. The topological polar surface area (TPSA) is 29.1 Å². The molecule has 0 heterocycles. The van der Waals surface area contributed by atoms with Gasteiger partial charge in [0, 0.05) is 18.3 Å². The maximum Gasteiger partial charge on any atom is 0.221 e. The lowest BCUT2D eigenvalue weighted by Gasteiger charge is -2.13. The van der Waals surface area contributed by atoms with Gasteiger partial charge in [-0.1, -0.05) is 26.7 Å². The molecule has 0 aliphatic rings. The highest BCUT2D eigenvalue weighted by atomic mass is 35.5. The number of hydrogen-bond donors (Lipinski definition) is 1. The number of carbonyl (C=O) groups is 1. The van der Waals surface area contributed by atoms with E-state index in [4.69, 9.17) is 11.6 Å². The van der Waals surface area contributed by atoms with Crippen LogP contribution in [0.3, 0.4) is 0 Å². The Kier molecular flexibility index (Phi) is 7.96. The Morgan fingerprint density at radius 3 is 2.43 bits per heavy atom. The standard InChI is InChI=1S/C11H22ClNO/c1-9(2)5-4-6-10(3)13-11(14)7-8-12/h9-10H,4-8H2,1-3H3,(H,13,14). The molecule has 1 N–H and O–H groups in total. The molecule has 0 spiro atoms. The molecule has 0 aromatic rings. The molecule has 0 saturated heterocycles. The van der Waals surface area contributed by atoms with Gasteiger partial charge in [0.2, 0.25) is 5.91 Å². The molecule has 1 amide bonds. The SMILES string of the molecule is CC(C)CCCC(C)NC(=O)CCCl. The second kappa shape index (κ2) is 8.10. The van der Waals surface area contributed by atoms with Gasteiger partial charge in [0.05, 0.1) is 0 Å². The smallest absolute Gasteiger partial charge is 0.221 e. The molecule has 2 nitrogen and oxygen atoms in total. The Balaban J connectivity index is 3.44. The van der Waals surface area contributed by atoms with Gasteiger partial charge in [0.1, 0.15) is 0 Å². The van der Waals surface area contributed by atoms with Crippen molar-refractivity contribution in [2.45, 2.75) is 52.5 Å². The van der Waals surface area contributed by atoms with Gasteiger partial charge in [-0.15, -0.1) is 11.6 Å². The monoisotopic (exact) mass is 219 g/mol. The summed E-state index contributed by atoms with van der Waals surface area (Å²) in [5, 5.41) is 2.93. The maximum atomic E-state index is 11.2. The number of alkyl halides is 1. The Hall–Kier alpha value is -0.240. The van der Waals surface area contributed by atoms with E-state index in [1.165, 1.54) is 12.8 Å².